The second-order valence-corrected chi connectivity index (χ2v) is 13.4. The summed E-state index contributed by atoms with van der Waals surface area (Å²) in [5.74, 6) is -0.860. The van der Waals surface area contributed by atoms with E-state index in [9.17, 15) is 30.0 Å². The van der Waals surface area contributed by atoms with Crippen LogP contribution in [0.5, 0.6) is 0 Å². The number of carbonyl (C=O) groups is 2. The summed E-state index contributed by atoms with van der Waals surface area (Å²) in [6, 6.07) is 0. The minimum Gasteiger partial charge on any atom is -0.462 e. The van der Waals surface area contributed by atoms with Crippen LogP contribution in [0.1, 0.15) is 142 Å². The number of ether oxygens (including phenoxy) is 4. The van der Waals surface area contributed by atoms with Gasteiger partial charge in [0.1, 0.15) is 31.0 Å². The van der Waals surface area contributed by atoms with Gasteiger partial charge in [-0.2, -0.15) is 0 Å². The fraction of sp³-hybridized carbons (Fsp3) is 0.756. The highest BCUT2D eigenvalue weighted by Crippen LogP contribution is 2.22. The van der Waals surface area contributed by atoms with Gasteiger partial charge in [-0.1, -0.05) is 127 Å². The van der Waals surface area contributed by atoms with Crippen LogP contribution in [0, 0.1) is 0 Å². The van der Waals surface area contributed by atoms with E-state index in [1.165, 1.54) is 44.9 Å². The van der Waals surface area contributed by atoms with E-state index < -0.39 is 55.4 Å². The average molecular weight is 723 g/mol. The molecule has 4 N–H and O–H groups in total. The van der Waals surface area contributed by atoms with Gasteiger partial charge in [-0.3, -0.25) is 9.59 Å². The van der Waals surface area contributed by atoms with Gasteiger partial charge in [-0.15, -0.1) is 0 Å². The minimum absolute atomic E-state index is 0.221. The molecule has 0 aromatic rings. The number of rotatable bonds is 31. The maximum Gasteiger partial charge on any atom is 0.306 e. The third-order valence-corrected chi connectivity index (χ3v) is 8.73. The molecule has 1 aliphatic heterocycles. The molecular weight excluding hydrogens is 652 g/mol. The quantitative estimate of drug-likeness (QED) is 0.0325. The smallest absolute Gasteiger partial charge is 0.306 e. The van der Waals surface area contributed by atoms with Crippen LogP contribution in [0.2, 0.25) is 0 Å². The van der Waals surface area contributed by atoms with Crippen molar-refractivity contribution in [2.75, 3.05) is 19.8 Å². The number of aliphatic hydroxyl groups excluding tert-OH is 4. The molecule has 51 heavy (non-hydrogen) atoms. The second-order valence-electron chi connectivity index (χ2n) is 13.4. The molecule has 1 heterocycles. The Hall–Kier alpha value is -2.34. The first kappa shape index (κ1) is 46.7. The summed E-state index contributed by atoms with van der Waals surface area (Å²) in [6.07, 6.45) is 28.4. The van der Waals surface area contributed by atoms with Crippen molar-refractivity contribution in [2.24, 2.45) is 0 Å². The third-order valence-electron chi connectivity index (χ3n) is 8.73. The van der Waals surface area contributed by atoms with E-state index in [-0.39, 0.29) is 26.1 Å². The highest BCUT2D eigenvalue weighted by Gasteiger charge is 2.44. The fourth-order valence-electron chi connectivity index (χ4n) is 5.59. The number of unbranched alkanes of at least 4 members (excludes halogenated alkanes) is 12. The van der Waals surface area contributed by atoms with Gasteiger partial charge in [0.15, 0.2) is 12.4 Å². The number of allylic oxidation sites excluding steroid dienone is 8. The molecule has 0 amide bonds. The van der Waals surface area contributed by atoms with Crippen molar-refractivity contribution < 1.29 is 49.0 Å². The number of aliphatic hydroxyl groups is 4. The summed E-state index contributed by atoms with van der Waals surface area (Å²) >= 11 is 0. The van der Waals surface area contributed by atoms with Gasteiger partial charge >= 0.3 is 11.9 Å². The van der Waals surface area contributed by atoms with E-state index in [2.05, 4.69) is 62.5 Å². The molecule has 0 bridgehead atoms. The zero-order chi connectivity index (χ0) is 37.4. The minimum atomic E-state index is -1.60. The Bertz CT molecular complexity index is 975. The first-order valence-corrected chi connectivity index (χ1v) is 19.7. The van der Waals surface area contributed by atoms with Gasteiger partial charge < -0.3 is 39.4 Å². The first-order chi connectivity index (χ1) is 24.8. The van der Waals surface area contributed by atoms with E-state index in [1.807, 2.05) is 0 Å². The molecule has 0 aromatic heterocycles. The van der Waals surface area contributed by atoms with Crippen molar-refractivity contribution in [2.45, 2.75) is 179 Å². The van der Waals surface area contributed by atoms with Gasteiger partial charge in [0.25, 0.3) is 0 Å². The number of carbonyl (C=O) groups excluding carboxylic acids is 2. The van der Waals surface area contributed by atoms with Crippen LogP contribution in [-0.2, 0) is 28.5 Å². The van der Waals surface area contributed by atoms with Crippen molar-refractivity contribution in [3.05, 3.63) is 48.6 Å². The predicted octanol–water partition coefficient (Wildman–Crippen LogP) is 7.32. The molecule has 0 radical (unpaired) electrons. The Labute approximate surface area is 308 Å². The normalized spacial score (nSPS) is 21.7. The first-order valence-electron chi connectivity index (χ1n) is 19.7. The Balaban J connectivity index is 2.42. The maximum absolute atomic E-state index is 12.7. The van der Waals surface area contributed by atoms with Crippen LogP contribution in [0.25, 0.3) is 0 Å². The lowest BCUT2D eigenvalue weighted by Gasteiger charge is -2.39. The topological polar surface area (TPSA) is 152 Å². The second kappa shape index (κ2) is 32.3. The Kier molecular flexibility index (Phi) is 29.6. The molecule has 0 saturated carbocycles. The van der Waals surface area contributed by atoms with E-state index in [1.54, 1.807) is 0 Å². The SMILES string of the molecule is CC/C=C/C/C=C/C/C=C/C/C=C/CCCCC(=O)OC[C@@H](CO[C@H]1O[C@@H](CO)[C@@H](O)C(O)C1O)OC(=O)CCCCCCCCCCCCC. The highest BCUT2D eigenvalue weighted by atomic mass is 16.7. The maximum atomic E-state index is 12.7. The summed E-state index contributed by atoms with van der Waals surface area (Å²) in [6.45, 7) is 3.23. The van der Waals surface area contributed by atoms with E-state index in [0.717, 1.165) is 57.8 Å². The summed E-state index contributed by atoms with van der Waals surface area (Å²) < 4.78 is 22.0. The van der Waals surface area contributed by atoms with E-state index in [4.69, 9.17) is 18.9 Å². The molecular formula is C41H70O10. The molecule has 6 atom stereocenters. The van der Waals surface area contributed by atoms with Crippen molar-refractivity contribution in [1.82, 2.24) is 0 Å². The predicted molar refractivity (Wildman–Crippen MR) is 201 cm³/mol. The molecule has 294 valence electrons. The lowest BCUT2D eigenvalue weighted by molar-refractivity contribution is -0.305. The standard InChI is InChI=1S/C41H70O10/c1-3-5-7-9-11-13-15-16-17-18-20-21-23-25-27-29-36(43)48-32-34(33-49-41-40(47)39(46)38(45)35(31-42)51-41)50-37(44)30-28-26-24-22-19-14-12-10-8-6-4-2/h5,7,11,13,16-17,20-21,34-35,38-42,45-47H,3-4,6,8-10,12,14-15,18-19,22-33H2,1-2H3/b7-5+,13-11+,17-16+,21-20+/t34-,35-,38+,39?,40?,41-/m0/s1. The Morgan fingerprint density at radius 1 is 0.627 bits per heavy atom. The summed E-state index contributed by atoms with van der Waals surface area (Å²) in [5, 5.41) is 39.9. The molecule has 1 fully saturated rings. The molecule has 10 nitrogen and oxygen atoms in total. The van der Waals surface area contributed by atoms with Gasteiger partial charge in [0, 0.05) is 12.8 Å². The number of hydrogen-bond acceptors (Lipinski definition) is 10. The van der Waals surface area contributed by atoms with Gasteiger partial charge in [0.2, 0.25) is 0 Å². The average Bonchev–Trinajstić information content (AvgIpc) is 3.13. The van der Waals surface area contributed by atoms with Crippen LogP contribution in [-0.4, -0.2) is 89.0 Å². The third kappa shape index (κ3) is 24.5. The molecule has 10 heteroatoms. The summed E-state index contributed by atoms with van der Waals surface area (Å²) in [4.78, 5) is 25.2. The molecule has 1 saturated heterocycles. The van der Waals surface area contributed by atoms with Gasteiger partial charge in [-0.05, 0) is 51.4 Å². The van der Waals surface area contributed by atoms with E-state index in [0.29, 0.717) is 12.8 Å². The molecule has 0 aromatic carbocycles. The number of hydrogen-bond donors (Lipinski definition) is 4. The van der Waals surface area contributed by atoms with Crippen LogP contribution < -0.4 is 0 Å². The molecule has 0 spiro atoms. The van der Waals surface area contributed by atoms with Crippen LogP contribution >= 0.6 is 0 Å². The van der Waals surface area contributed by atoms with Crippen molar-refractivity contribution in [3.63, 3.8) is 0 Å². The summed E-state index contributed by atoms with van der Waals surface area (Å²) in [5.41, 5.74) is 0. The zero-order valence-corrected chi connectivity index (χ0v) is 31.6. The summed E-state index contributed by atoms with van der Waals surface area (Å²) in [7, 11) is 0. The van der Waals surface area contributed by atoms with Crippen molar-refractivity contribution in [1.29, 1.82) is 0 Å². The molecule has 0 aliphatic carbocycles. The van der Waals surface area contributed by atoms with Crippen molar-refractivity contribution >= 4 is 11.9 Å². The van der Waals surface area contributed by atoms with Gasteiger partial charge in [0.05, 0.1) is 13.2 Å². The monoisotopic (exact) mass is 722 g/mol. The fourth-order valence-corrected chi connectivity index (χ4v) is 5.59. The lowest BCUT2D eigenvalue weighted by atomic mass is 9.99. The Morgan fingerprint density at radius 2 is 1.16 bits per heavy atom. The van der Waals surface area contributed by atoms with Crippen LogP contribution in [0.3, 0.4) is 0 Å². The molecule has 1 rings (SSSR count). The molecule has 1 aliphatic rings. The van der Waals surface area contributed by atoms with E-state index >= 15 is 0 Å². The Morgan fingerprint density at radius 3 is 1.75 bits per heavy atom. The number of esters is 2. The lowest BCUT2D eigenvalue weighted by Crippen LogP contribution is -2.59. The van der Waals surface area contributed by atoms with Gasteiger partial charge in [-0.25, -0.2) is 0 Å². The molecule has 2 unspecified atom stereocenters. The van der Waals surface area contributed by atoms with Crippen molar-refractivity contribution in [3.8, 4) is 0 Å². The van der Waals surface area contributed by atoms with Crippen LogP contribution in [0.4, 0.5) is 0 Å². The largest absolute Gasteiger partial charge is 0.462 e. The zero-order valence-electron chi connectivity index (χ0n) is 31.6. The van der Waals surface area contributed by atoms with Crippen LogP contribution in [0.15, 0.2) is 48.6 Å². The highest BCUT2D eigenvalue weighted by molar-refractivity contribution is 5.70.